The molecule has 1 aliphatic rings. The molecule has 5 nitrogen and oxygen atoms in total. The maximum Gasteiger partial charge on any atom is 0.222 e. The van der Waals surface area contributed by atoms with Gasteiger partial charge in [0.05, 0.1) is 0 Å². The van der Waals surface area contributed by atoms with Crippen LogP contribution in [0.1, 0.15) is 31.2 Å². The third-order valence-corrected chi connectivity index (χ3v) is 4.34. The quantitative estimate of drug-likeness (QED) is 0.819. The van der Waals surface area contributed by atoms with Gasteiger partial charge in [0.1, 0.15) is 12.4 Å². The summed E-state index contributed by atoms with van der Waals surface area (Å²) in [6.45, 7) is 1.53. The first-order valence-corrected chi connectivity index (χ1v) is 8.55. The number of carbonyl (C=O) groups excluding carboxylic acids is 1. The van der Waals surface area contributed by atoms with Crippen molar-refractivity contribution in [3.8, 4) is 5.88 Å². The zero-order chi connectivity index (χ0) is 16.6. The summed E-state index contributed by atoms with van der Waals surface area (Å²) in [4.78, 5) is 22.2. The van der Waals surface area contributed by atoms with Gasteiger partial charge in [-0.2, -0.15) is 0 Å². The standard InChI is InChI=1S/C19H23N3O2/c23-19(8-4-7-16-5-2-1-3-6-16)22-13-10-17(11-14-22)24-18-9-12-20-15-21-18/h1-3,5-6,9,12,15,17H,4,7-8,10-11,13-14H2. The lowest BCUT2D eigenvalue weighted by atomic mass is 10.1. The normalized spacial score (nSPS) is 15.2. The van der Waals surface area contributed by atoms with Crippen LogP contribution in [0, 0.1) is 0 Å². The van der Waals surface area contributed by atoms with E-state index in [1.54, 1.807) is 12.3 Å². The average molecular weight is 325 g/mol. The summed E-state index contributed by atoms with van der Waals surface area (Å²) in [7, 11) is 0. The second kappa shape index (κ2) is 8.43. The Labute approximate surface area is 142 Å². The molecule has 0 saturated carbocycles. The fraction of sp³-hybridized carbons (Fsp3) is 0.421. The van der Waals surface area contributed by atoms with Crippen molar-refractivity contribution in [2.75, 3.05) is 13.1 Å². The van der Waals surface area contributed by atoms with Gasteiger partial charge in [0.25, 0.3) is 0 Å². The molecule has 5 heteroatoms. The monoisotopic (exact) mass is 325 g/mol. The number of piperidine rings is 1. The van der Waals surface area contributed by atoms with E-state index < -0.39 is 0 Å². The van der Waals surface area contributed by atoms with Gasteiger partial charge in [-0.25, -0.2) is 9.97 Å². The number of likely N-dealkylation sites (tertiary alicyclic amines) is 1. The largest absolute Gasteiger partial charge is 0.474 e. The third kappa shape index (κ3) is 4.78. The summed E-state index contributed by atoms with van der Waals surface area (Å²) in [5.41, 5.74) is 1.29. The summed E-state index contributed by atoms with van der Waals surface area (Å²) in [6, 6.07) is 12.1. The number of hydrogen-bond acceptors (Lipinski definition) is 4. The Balaban J connectivity index is 1.37. The molecule has 0 radical (unpaired) electrons. The molecule has 1 aromatic carbocycles. The average Bonchev–Trinajstić information content (AvgIpc) is 2.64. The van der Waals surface area contributed by atoms with Crippen molar-refractivity contribution < 1.29 is 9.53 Å². The topological polar surface area (TPSA) is 55.3 Å². The minimum Gasteiger partial charge on any atom is -0.474 e. The van der Waals surface area contributed by atoms with E-state index in [1.807, 2.05) is 23.1 Å². The molecule has 0 unspecified atom stereocenters. The molecule has 0 N–H and O–H groups in total. The first-order valence-electron chi connectivity index (χ1n) is 8.55. The van der Waals surface area contributed by atoms with Crippen LogP contribution in [0.5, 0.6) is 5.88 Å². The van der Waals surface area contributed by atoms with Crippen LogP contribution in [0.15, 0.2) is 48.9 Å². The fourth-order valence-electron chi connectivity index (χ4n) is 2.99. The fourth-order valence-corrected chi connectivity index (χ4v) is 2.99. The van der Waals surface area contributed by atoms with Gasteiger partial charge < -0.3 is 9.64 Å². The van der Waals surface area contributed by atoms with E-state index in [0.717, 1.165) is 38.8 Å². The molecular weight excluding hydrogens is 302 g/mol. The van der Waals surface area contributed by atoms with Crippen LogP contribution in [0.2, 0.25) is 0 Å². The first-order chi connectivity index (χ1) is 11.8. The summed E-state index contributed by atoms with van der Waals surface area (Å²) < 4.78 is 5.83. The molecule has 0 atom stereocenters. The lowest BCUT2D eigenvalue weighted by Gasteiger charge is -2.32. The third-order valence-electron chi connectivity index (χ3n) is 4.34. The second-order valence-electron chi connectivity index (χ2n) is 6.08. The predicted octanol–water partition coefficient (Wildman–Crippen LogP) is 2.87. The maximum atomic E-state index is 12.3. The SMILES string of the molecule is O=C(CCCc1ccccc1)N1CCC(Oc2ccncn2)CC1. The number of amides is 1. The molecule has 1 aromatic heterocycles. The van der Waals surface area contributed by atoms with Crippen LogP contribution in [0.4, 0.5) is 0 Å². The highest BCUT2D eigenvalue weighted by molar-refractivity contribution is 5.76. The van der Waals surface area contributed by atoms with Gasteiger partial charge >= 0.3 is 0 Å². The molecule has 24 heavy (non-hydrogen) atoms. The molecule has 126 valence electrons. The number of aryl methyl sites for hydroxylation is 1. The van der Waals surface area contributed by atoms with Gasteiger partial charge in [0.15, 0.2) is 0 Å². The van der Waals surface area contributed by atoms with Crippen molar-refractivity contribution in [2.45, 2.75) is 38.2 Å². The van der Waals surface area contributed by atoms with Gasteiger partial charge in [0.2, 0.25) is 11.8 Å². The molecule has 3 rings (SSSR count). The highest BCUT2D eigenvalue weighted by Gasteiger charge is 2.23. The van der Waals surface area contributed by atoms with Crippen LogP contribution in [-0.2, 0) is 11.2 Å². The van der Waals surface area contributed by atoms with Gasteiger partial charge in [-0.3, -0.25) is 4.79 Å². The number of nitrogens with zero attached hydrogens (tertiary/aromatic N) is 3. The number of carbonyl (C=O) groups is 1. The van der Waals surface area contributed by atoms with Gasteiger partial charge in [0, 0.05) is 44.6 Å². The molecule has 2 aromatic rings. The Kier molecular flexibility index (Phi) is 5.77. The zero-order valence-corrected chi connectivity index (χ0v) is 13.8. The Bertz CT molecular complexity index is 626. The molecule has 1 amide bonds. The Hall–Kier alpha value is -2.43. The summed E-state index contributed by atoms with van der Waals surface area (Å²) in [5, 5.41) is 0. The van der Waals surface area contributed by atoms with Crippen LogP contribution in [0.25, 0.3) is 0 Å². The Morgan fingerprint density at radius 2 is 1.96 bits per heavy atom. The van der Waals surface area contributed by atoms with Gasteiger partial charge in [-0.1, -0.05) is 30.3 Å². The summed E-state index contributed by atoms with van der Waals surface area (Å²) in [5.74, 6) is 0.865. The van der Waals surface area contributed by atoms with Crippen molar-refractivity contribution in [2.24, 2.45) is 0 Å². The summed E-state index contributed by atoms with van der Waals surface area (Å²) >= 11 is 0. The van der Waals surface area contributed by atoms with Crippen LogP contribution >= 0.6 is 0 Å². The van der Waals surface area contributed by atoms with Crippen molar-refractivity contribution in [1.29, 1.82) is 0 Å². The van der Waals surface area contributed by atoms with E-state index in [0.29, 0.717) is 12.3 Å². The van der Waals surface area contributed by atoms with Crippen molar-refractivity contribution in [3.63, 3.8) is 0 Å². The lowest BCUT2D eigenvalue weighted by Crippen LogP contribution is -2.41. The first kappa shape index (κ1) is 16.4. The second-order valence-corrected chi connectivity index (χ2v) is 6.08. The number of benzene rings is 1. The molecule has 0 bridgehead atoms. The van der Waals surface area contributed by atoms with E-state index in [9.17, 15) is 4.79 Å². The minimum absolute atomic E-state index is 0.133. The van der Waals surface area contributed by atoms with Crippen LogP contribution < -0.4 is 4.74 Å². The molecule has 0 aliphatic carbocycles. The van der Waals surface area contributed by atoms with Gasteiger partial charge in [-0.05, 0) is 18.4 Å². The smallest absolute Gasteiger partial charge is 0.222 e. The van der Waals surface area contributed by atoms with Crippen LogP contribution in [-0.4, -0.2) is 40.0 Å². The van der Waals surface area contributed by atoms with E-state index in [1.165, 1.54) is 11.9 Å². The number of aromatic nitrogens is 2. The number of ether oxygens (including phenoxy) is 1. The molecular formula is C19H23N3O2. The van der Waals surface area contributed by atoms with Crippen molar-refractivity contribution in [3.05, 3.63) is 54.5 Å². The van der Waals surface area contributed by atoms with E-state index in [-0.39, 0.29) is 12.0 Å². The van der Waals surface area contributed by atoms with Crippen molar-refractivity contribution in [1.82, 2.24) is 14.9 Å². The molecule has 1 aliphatic heterocycles. The minimum atomic E-state index is 0.133. The van der Waals surface area contributed by atoms with E-state index in [4.69, 9.17) is 4.74 Å². The molecule has 1 fully saturated rings. The maximum absolute atomic E-state index is 12.3. The Morgan fingerprint density at radius 3 is 2.67 bits per heavy atom. The van der Waals surface area contributed by atoms with Crippen LogP contribution in [0.3, 0.4) is 0 Å². The van der Waals surface area contributed by atoms with Crippen molar-refractivity contribution >= 4 is 5.91 Å². The van der Waals surface area contributed by atoms with E-state index in [2.05, 4.69) is 22.1 Å². The predicted molar refractivity (Wildman–Crippen MR) is 91.6 cm³/mol. The zero-order valence-electron chi connectivity index (χ0n) is 13.8. The molecule has 2 heterocycles. The highest BCUT2D eigenvalue weighted by Crippen LogP contribution is 2.17. The number of rotatable bonds is 6. The number of hydrogen-bond donors (Lipinski definition) is 0. The lowest BCUT2D eigenvalue weighted by molar-refractivity contribution is -0.133. The van der Waals surface area contributed by atoms with Gasteiger partial charge in [-0.15, -0.1) is 0 Å². The highest BCUT2D eigenvalue weighted by atomic mass is 16.5. The molecule has 0 spiro atoms. The Morgan fingerprint density at radius 1 is 1.17 bits per heavy atom. The summed E-state index contributed by atoms with van der Waals surface area (Å²) in [6.07, 6.45) is 7.48. The van der Waals surface area contributed by atoms with E-state index >= 15 is 0 Å². The molecule has 1 saturated heterocycles.